The first-order chi connectivity index (χ1) is 11.5. The van der Waals surface area contributed by atoms with Crippen molar-refractivity contribution in [3.8, 4) is 0 Å². The quantitative estimate of drug-likeness (QED) is 0.762. The SMILES string of the molecule is O=C(CCCc1cccc(Cl)c1)NCCS(=O)(=O)N1CCCCC1. The fourth-order valence-corrected chi connectivity index (χ4v) is 4.47. The molecule has 0 bridgehead atoms. The van der Waals surface area contributed by atoms with Gasteiger partial charge in [0, 0.05) is 31.1 Å². The van der Waals surface area contributed by atoms with E-state index in [4.69, 9.17) is 11.6 Å². The first kappa shape index (κ1) is 19.2. The molecule has 1 fully saturated rings. The van der Waals surface area contributed by atoms with E-state index in [2.05, 4.69) is 5.32 Å². The van der Waals surface area contributed by atoms with Gasteiger partial charge >= 0.3 is 0 Å². The van der Waals surface area contributed by atoms with Crippen LogP contribution in [-0.2, 0) is 21.2 Å². The first-order valence-corrected chi connectivity index (χ1v) is 10.4. The average Bonchev–Trinajstić information content (AvgIpc) is 2.55. The number of carbonyl (C=O) groups excluding carboxylic acids is 1. The maximum absolute atomic E-state index is 12.2. The lowest BCUT2D eigenvalue weighted by atomic mass is 10.1. The zero-order chi connectivity index (χ0) is 17.4. The Morgan fingerprint density at radius 1 is 1.21 bits per heavy atom. The van der Waals surface area contributed by atoms with Crippen LogP contribution in [0.1, 0.15) is 37.7 Å². The van der Waals surface area contributed by atoms with Gasteiger partial charge in [0.05, 0.1) is 5.75 Å². The van der Waals surface area contributed by atoms with Gasteiger partial charge in [0.2, 0.25) is 15.9 Å². The van der Waals surface area contributed by atoms with Crippen molar-refractivity contribution in [3.05, 3.63) is 34.9 Å². The van der Waals surface area contributed by atoms with Crippen LogP contribution in [0.3, 0.4) is 0 Å². The average molecular weight is 373 g/mol. The number of aryl methyl sites for hydroxylation is 1. The van der Waals surface area contributed by atoms with Gasteiger partial charge in [0.1, 0.15) is 0 Å². The van der Waals surface area contributed by atoms with E-state index in [0.717, 1.165) is 31.2 Å². The van der Waals surface area contributed by atoms with Gasteiger partial charge in [-0.1, -0.05) is 30.2 Å². The van der Waals surface area contributed by atoms with Crippen molar-refractivity contribution in [2.45, 2.75) is 38.5 Å². The van der Waals surface area contributed by atoms with E-state index < -0.39 is 10.0 Å². The van der Waals surface area contributed by atoms with Crippen LogP contribution in [0.25, 0.3) is 0 Å². The summed E-state index contributed by atoms with van der Waals surface area (Å²) in [4.78, 5) is 11.8. The van der Waals surface area contributed by atoms with E-state index in [-0.39, 0.29) is 18.2 Å². The number of hydrogen-bond donors (Lipinski definition) is 1. The number of nitrogens with one attached hydrogen (secondary N) is 1. The fourth-order valence-electron chi connectivity index (χ4n) is 2.83. The molecule has 1 heterocycles. The minimum absolute atomic E-state index is 0.0208. The Labute approximate surface area is 149 Å². The van der Waals surface area contributed by atoms with E-state index in [1.54, 1.807) is 4.31 Å². The van der Waals surface area contributed by atoms with Gasteiger partial charge in [-0.05, 0) is 43.4 Å². The Balaban J connectivity index is 1.64. The van der Waals surface area contributed by atoms with E-state index >= 15 is 0 Å². The van der Waals surface area contributed by atoms with Gasteiger partial charge in [-0.2, -0.15) is 0 Å². The molecule has 0 spiro atoms. The number of hydrogen-bond acceptors (Lipinski definition) is 3. The molecule has 0 aromatic heterocycles. The largest absolute Gasteiger partial charge is 0.355 e. The highest BCUT2D eigenvalue weighted by Crippen LogP contribution is 2.14. The number of amides is 1. The Hall–Kier alpha value is -1.11. The zero-order valence-electron chi connectivity index (χ0n) is 13.8. The van der Waals surface area contributed by atoms with Gasteiger partial charge < -0.3 is 5.32 Å². The molecule has 5 nitrogen and oxygen atoms in total. The van der Waals surface area contributed by atoms with Gasteiger partial charge in [0.25, 0.3) is 0 Å². The molecule has 0 radical (unpaired) electrons. The summed E-state index contributed by atoms with van der Waals surface area (Å²) < 4.78 is 25.9. The topological polar surface area (TPSA) is 66.5 Å². The van der Waals surface area contributed by atoms with Crippen molar-refractivity contribution in [1.82, 2.24) is 9.62 Å². The lowest BCUT2D eigenvalue weighted by molar-refractivity contribution is -0.121. The third-order valence-corrected chi connectivity index (χ3v) is 6.26. The fraction of sp³-hybridized carbons (Fsp3) is 0.588. The van der Waals surface area contributed by atoms with Crippen LogP contribution in [0, 0.1) is 0 Å². The molecule has 0 aliphatic carbocycles. The number of nitrogens with zero attached hydrogens (tertiary/aromatic N) is 1. The van der Waals surface area contributed by atoms with Gasteiger partial charge in [-0.25, -0.2) is 12.7 Å². The van der Waals surface area contributed by atoms with Crippen molar-refractivity contribution in [3.63, 3.8) is 0 Å². The Bertz CT molecular complexity index is 643. The lowest BCUT2D eigenvalue weighted by Gasteiger charge is -2.25. The predicted molar refractivity (Wildman–Crippen MR) is 96.6 cm³/mol. The summed E-state index contributed by atoms with van der Waals surface area (Å²) in [6.07, 6.45) is 4.82. The number of sulfonamides is 1. The minimum atomic E-state index is -3.24. The Morgan fingerprint density at radius 3 is 2.67 bits per heavy atom. The summed E-state index contributed by atoms with van der Waals surface area (Å²) in [5, 5.41) is 3.40. The molecule has 0 atom stereocenters. The predicted octanol–water partition coefficient (Wildman–Crippen LogP) is 2.59. The van der Waals surface area contributed by atoms with Crippen molar-refractivity contribution in [2.24, 2.45) is 0 Å². The summed E-state index contributed by atoms with van der Waals surface area (Å²) in [6.45, 7) is 1.39. The first-order valence-electron chi connectivity index (χ1n) is 8.46. The monoisotopic (exact) mass is 372 g/mol. The van der Waals surface area contributed by atoms with E-state index in [1.165, 1.54) is 0 Å². The molecule has 24 heavy (non-hydrogen) atoms. The highest BCUT2D eigenvalue weighted by molar-refractivity contribution is 7.89. The maximum atomic E-state index is 12.2. The van der Waals surface area contributed by atoms with Gasteiger partial charge in [-0.3, -0.25) is 4.79 Å². The van der Waals surface area contributed by atoms with Crippen molar-refractivity contribution in [2.75, 3.05) is 25.4 Å². The molecule has 1 saturated heterocycles. The second-order valence-corrected chi connectivity index (χ2v) is 8.63. The smallest absolute Gasteiger partial charge is 0.220 e. The van der Waals surface area contributed by atoms with Crippen molar-refractivity contribution in [1.29, 1.82) is 0 Å². The molecule has 1 aliphatic heterocycles. The molecule has 1 aromatic rings. The van der Waals surface area contributed by atoms with Crippen molar-refractivity contribution >= 4 is 27.5 Å². The third-order valence-electron chi connectivity index (χ3n) is 4.15. The van der Waals surface area contributed by atoms with Crippen LogP contribution in [-0.4, -0.2) is 44.0 Å². The second-order valence-electron chi connectivity index (χ2n) is 6.11. The Kier molecular flexibility index (Phi) is 7.52. The lowest BCUT2D eigenvalue weighted by Crippen LogP contribution is -2.40. The van der Waals surface area contributed by atoms with Gasteiger partial charge in [-0.15, -0.1) is 0 Å². The zero-order valence-corrected chi connectivity index (χ0v) is 15.4. The molecule has 1 N–H and O–H groups in total. The molecule has 1 aromatic carbocycles. The van der Waals surface area contributed by atoms with Crippen LogP contribution in [0.15, 0.2) is 24.3 Å². The molecule has 0 saturated carbocycles. The maximum Gasteiger partial charge on any atom is 0.220 e. The molecule has 134 valence electrons. The van der Waals surface area contributed by atoms with Crippen LogP contribution in [0.5, 0.6) is 0 Å². The van der Waals surface area contributed by atoms with E-state index in [0.29, 0.717) is 31.0 Å². The molecular weight excluding hydrogens is 348 g/mol. The summed E-state index contributed by atoms with van der Waals surface area (Å²) in [7, 11) is -3.24. The normalized spacial score (nSPS) is 16.0. The molecular formula is C17H25ClN2O3S. The Morgan fingerprint density at radius 2 is 1.96 bits per heavy atom. The summed E-state index contributed by atoms with van der Waals surface area (Å²) in [5.74, 6) is -0.126. The van der Waals surface area contributed by atoms with E-state index in [9.17, 15) is 13.2 Å². The minimum Gasteiger partial charge on any atom is -0.355 e. The van der Waals surface area contributed by atoms with Crippen molar-refractivity contribution < 1.29 is 13.2 Å². The molecule has 0 unspecified atom stereocenters. The number of carbonyl (C=O) groups is 1. The molecule has 1 aliphatic rings. The van der Waals surface area contributed by atoms with Crippen LogP contribution in [0.4, 0.5) is 0 Å². The standard InChI is InChI=1S/C17H25ClN2O3S/c18-16-8-4-6-15(14-16)7-5-9-17(21)19-10-13-24(22,23)20-11-2-1-3-12-20/h4,6,8,14H,1-3,5,7,9-13H2,(H,19,21). The summed E-state index contributed by atoms with van der Waals surface area (Å²) in [6, 6.07) is 7.59. The van der Waals surface area contributed by atoms with Crippen LogP contribution in [0.2, 0.25) is 5.02 Å². The molecule has 1 amide bonds. The van der Waals surface area contributed by atoms with Gasteiger partial charge in [0.15, 0.2) is 0 Å². The molecule has 2 rings (SSSR count). The highest BCUT2D eigenvalue weighted by atomic mass is 35.5. The molecule has 7 heteroatoms. The number of rotatable bonds is 8. The second kappa shape index (κ2) is 9.39. The third kappa shape index (κ3) is 6.42. The summed E-state index contributed by atoms with van der Waals surface area (Å²) in [5.41, 5.74) is 1.10. The number of benzene rings is 1. The summed E-state index contributed by atoms with van der Waals surface area (Å²) >= 11 is 5.92. The van der Waals surface area contributed by atoms with E-state index in [1.807, 2.05) is 24.3 Å². The highest BCUT2D eigenvalue weighted by Gasteiger charge is 2.23. The number of piperidine rings is 1. The van der Waals surface area contributed by atoms with Crippen LogP contribution < -0.4 is 5.32 Å². The van der Waals surface area contributed by atoms with Crippen LogP contribution >= 0.6 is 11.6 Å². The number of halogens is 1.